The molecule has 2 aromatic rings. The van der Waals surface area contributed by atoms with Gasteiger partial charge in [0.05, 0.1) is 21.2 Å². The zero-order valence-corrected chi connectivity index (χ0v) is 11.9. The standard InChI is InChI=1S/C10H9Cl3N2OS/c1-2-15-8(6(11)4-14-15)9(16)5-3-7(12)17-10(5)13/h3-4,9,16H,2H2,1H3. The zero-order valence-electron chi connectivity index (χ0n) is 8.82. The van der Waals surface area contributed by atoms with E-state index in [9.17, 15) is 5.11 Å². The Labute approximate surface area is 118 Å². The summed E-state index contributed by atoms with van der Waals surface area (Å²) in [7, 11) is 0. The molecule has 0 aliphatic rings. The van der Waals surface area contributed by atoms with Gasteiger partial charge in [0.15, 0.2) is 0 Å². The highest BCUT2D eigenvalue weighted by Crippen LogP contribution is 2.38. The summed E-state index contributed by atoms with van der Waals surface area (Å²) in [6.07, 6.45) is 0.590. The minimum atomic E-state index is -0.916. The van der Waals surface area contributed by atoms with Gasteiger partial charge in [-0.05, 0) is 13.0 Å². The van der Waals surface area contributed by atoms with Gasteiger partial charge < -0.3 is 5.11 Å². The van der Waals surface area contributed by atoms with Crippen molar-refractivity contribution in [2.75, 3.05) is 0 Å². The Morgan fingerprint density at radius 3 is 2.71 bits per heavy atom. The molecule has 2 heterocycles. The molecule has 0 aromatic carbocycles. The summed E-state index contributed by atoms with van der Waals surface area (Å²) in [5.74, 6) is 0. The minimum absolute atomic E-state index is 0.415. The second-order valence-corrected chi connectivity index (χ2v) is 6.07. The maximum absolute atomic E-state index is 10.3. The summed E-state index contributed by atoms with van der Waals surface area (Å²) in [5, 5.41) is 14.8. The van der Waals surface area contributed by atoms with Crippen molar-refractivity contribution in [3.8, 4) is 0 Å². The summed E-state index contributed by atoms with van der Waals surface area (Å²) in [5.41, 5.74) is 1.09. The van der Waals surface area contributed by atoms with Gasteiger partial charge in [0.2, 0.25) is 0 Å². The molecule has 92 valence electrons. The maximum atomic E-state index is 10.3. The second kappa shape index (κ2) is 5.16. The van der Waals surface area contributed by atoms with Crippen LogP contribution in [0.2, 0.25) is 13.7 Å². The third-order valence-electron chi connectivity index (χ3n) is 2.37. The molecule has 1 atom stereocenters. The maximum Gasteiger partial charge on any atom is 0.124 e. The van der Waals surface area contributed by atoms with Crippen molar-refractivity contribution < 1.29 is 5.11 Å². The van der Waals surface area contributed by atoms with E-state index in [0.717, 1.165) is 0 Å². The molecule has 0 spiro atoms. The molecule has 2 aromatic heterocycles. The van der Waals surface area contributed by atoms with Crippen molar-refractivity contribution in [1.29, 1.82) is 0 Å². The number of nitrogens with zero attached hydrogens (tertiary/aromatic N) is 2. The molecule has 0 saturated carbocycles. The first-order chi connectivity index (χ1) is 8.04. The average Bonchev–Trinajstić information content (AvgIpc) is 2.80. The van der Waals surface area contributed by atoms with Crippen LogP contribution in [-0.2, 0) is 6.54 Å². The SMILES string of the molecule is CCn1ncc(Cl)c1C(O)c1cc(Cl)sc1Cl. The first-order valence-corrected chi connectivity index (χ1v) is 6.83. The first kappa shape index (κ1) is 13.2. The van der Waals surface area contributed by atoms with Crippen molar-refractivity contribution in [1.82, 2.24) is 9.78 Å². The highest BCUT2D eigenvalue weighted by atomic mass is 35.5. The summed E-state index contributed by atoms with van der Waals surface area (Å²) < 4.78 is 2.62. The Hall–Kier alpha value is -0.260. The second-order valence-electron chi connectivity index (χ2n) is 3.38. The number of aromatic nitrogens is 2. The number of hydrogen-bond acceptors (Lipinski definition) is 3. The van der Waals surface area contributed by atoms with Gasteiger partial charge in [-0.3, -0.25) is 4.68 Å². The number of rotatable bonds is 3. The quantitative estimate of drug-likeness (QED) is 0.930. The third kappa shape index (κ3) is 2.46. The van der Waals surface area contributed by atoms with E-state index in [-0.39, 0.29) is 0 Å². The molecule has 1 N–H and O–H groups in total. The van der Waals surface area contributed by atoms with E-state index in [4.69, 9.17) is 34.8 Å². The van der Waals surface area contributed by atoms with E-state index in [0.29, 0.717) is 31.5 Å². The Morgan fingerprint density at radius 2 is 2.18 bits per heavy atom. The molecule has 0 bridgehead atoms. The van der Waals surface area contributed by atoms with Crippen LogP contribution in [0, 0.1) is 0 Å². The largest absolute Gasteiger partial charge is 0.382 e. The van der Waals surface area contributed by atoms with Crippen LogP contribution in [0.15, 0.2) is 12.3 Å². The summed E-state index contributed by atoms with van der Waals surface area (Å²) in [6.45, 7) is 2.54. The Balaban J connectivity index is 2.46. The van der Waals surface area contributed by atoms with Crippen molar-refractivity contribution >= 4 is 46.1 Å². The molecule has 0 aliphatic heterocycles. The molecule has 7 heteroatoms. The molecule has 0 aliphatic carbocycles. The van der Waals surface area contributed by atoms with Crippen LogP contribution in [0.5, 0.6) is 0 Å². The Kier molecular flexibility index (Phi) is 4.00. The third-order valence-corrected chi connectivity index (χ3v) is 4.18. The number of halogens is 3. The molecule has 0 fully saturated rings. The van der Waals surface area contributed by atoms with E-state index in [1.165, 1.54) is 17.5 Å². The van der Waals surface area contributed by atoms with Gasteiger partial charge in [0, 0.05) is 12.1 Å². The lowest BCUT2D eigenvalue weighted by Crippen LogP contribution is -2.09. The van der Waals surface area contributed by atoms with Gasteiger partial charge in [-0.15, -0.1) is 11.3 Å². The number of thiophene rings is 1. The Bertz CT molecular complexity index is 538. The molecule has 17 heavy (non-hydrogen) atoms. The highest BCUT2D eigenvalue weighted by Gasteiger charge is 2.23. The van der Waals surface area contributed by atoms with Crippen LogP contribution in [0.1, 0.15) is 24.3 Å². The molecular weight excluding hydrogens is 303 g/mol. The van der Waals surface area contributed by atoms with Crippen molar-refractivity contribution in [3.05, 3.63) is 37.2 Å². The fraction of sp³-hybridized carbons (Fsp3) is 0.300. The lowest BCUT2D eigenvalue weighted by Gasteiger charge is -2.12. The molecule has 1 unspecified atom stereocenters. The van der Waals surface area contributed by atoms with E-state index in [2.05, 4.69) is 5.10 Å². The first-order valence-electron chi connectivity index (χ1n) is 4.88. The number of aliphatic hydroxyl groups excluding tert-OH is 1. The topological polar surface area (TPSA) is 38.0 Å². The molecule has 3 nitrogen and oxygen atoms in total. The molecular formula is C10H9Cl3N2OS. The minimum Gasteiger partial charge on any atom is -0.382 e. The fourth-order valence-corrected chi connectivity index (χ4v) is 3.35. The normalized spacial score (nSPS) is 13.0. The lowest BCUT2D eigenvalue weighted by atomic mass is 10.1. The van der Waals surface area contributed by atoms with Gasteiger partial charge >= 0.3 is 0 Å². The van der Waals surface area contributed by atoms with Crippen LogP contribution in [0.25, 0.3) is 0 Å². The molecule has 0 amide bonds. The smallest absolute Gasteiger partial charge is 0.124 e. The average molecular weight is 312 g/mol. The van der Waals surface area contributed by atoms with Crippen LogP contribution in [-0.4, -0.2) is 14.9 Å². The summed E-state index contributed by atoms with van der Waals surface area (Å²) >= 11 is 19.1. The van der Waals surface area contributed by atoms with Crippen LogP contribution >= 0.6 is 46.1 Å². The van der Waals surface area contributed by atoms with E-state index in [1.807, 2.05) is 6.92 Å². The fourth-order valence-electron chi connectivity index (χ4n) is 1.58. The van der Waals surface area contributed by atoms with Gasteiger partial charge in [-0.1, -0.05) is 34.8 Å². The van der Waals surface area contributed by atoms with E-state index < -0.39 is 6.10 Å². The van der Waals surface area contributed by atoms with Crippen LogP contribution < -0.4 is 0 Å². The van der Waals surface area contributed by atoms with Crippen LogP contribution in [0.4, 0.5) is 0 Å². The molecule has 0 radical (unpaired) electrons. The van der Waals surface area contributed by atoms with Gasteiger partial charge in [-0.2, -0.15) is 5.10 Å². The van der Waals surface area contributed by atoms with Gasteiger partial charge in [0.1, 0.15) is 10.4 Å². The highest BCUT2D eigenvalue weighted by molar-refractivity contribution is 7.20. The predicted octanol–water partition coefficient (Wildman–Crippen LogP) is 4.01. The molecule has 0 saturated heterocycles. The van der Waals surface area contributed by atoms with Crippen molar-refractivity contribution in [2.24, 2.45) is 0 Å². The van der Waals surface area contributed by atoms with Crippen molar-refractivity contribution in [3.63, 3.8) is 0 Å². The number of aryl methyl sites for hydroxylation is 1. The van der Waals surface area contributed by atoms with E-state index in [1.54, 1.807) is 10.7 Å². The lowest BCUT2D eigenvalue weighted by molar-refractivity contribution is 0.208. The number of aliphatic hydroxyl groups is 1. The van der Waals surface area contributed by atoms with Gasteiger partial charge in [0.25, 0.3) is 0 Å². The Morgan fingerprint density at radius 1 is 1.47 bits per heavy atom. The van der Waals surface area contributed by atoms with E-state index >= 15 is 0 Å². The van der Waals surface area contributed by atoms with Crippen molar-refractivity contribution in [2.45, 2.75) is 19.6 Å². The van der Waals surface area contributed by atoms with Crippen LogP contribution in [0.3, 0.4) is 0 Å². The predicted molar refractivity (Wildman–Crippen MR) is 71.3 cm³/mol. The summed E-state index contributed by atoms with van der Waals surface area (Å²) in [4.78, 5) is 0. The molecule has 2 rings (SSSR count). The van der Waals surface area contributed by atoms with Gasteiger partial charge in [-0.25, -0.2) is 0 Å². The number of hydrogen-bond donors (Lipinski definition) is 1. The summed E-state index contributed by atoms with van der Waals surface area (Å²) in [6, 6.07) is 1.64. The monoisotopic (exact) mass is 310 g/mol. The zero-order chi connectivity index (χ0) is 12.6.